The molecular weight excluding hydrogens is 158 g/mol. The molecule has 0 aliphatic carbocycles. The molecule has 1 aromatic rings. The van der Waals surface area contributed by atoms with Gasteiger partial charge in [0.1, 0.15) is 0 Å². The smallest absolute Gasteiger partial charge is 0.167 e. The first-order chi connectivity index (χ1) is 5.20. The van der Waals surface area contributed by atoms with Crippen LogP contribution in [0.2, 0.25) is 0 Å². The molecule has 0 aliphatic heterocycles. The first kappa shape index (κ1) is 8.62. The number of hydrogen-bond donors (Lipinski definition) is 1. The molecule has 0 spiro atoms. The van der Waals surface area contributed by atoms with Gasteiger partial charge in [0.15, 0.2) is 5.16 Å². The first-order valence-electron chi connectivity index (χ1n) is 3.56. The van der Waals surface area contributed by atoms with Crippen molar-refractivity contribution in [1.82, 2.24) is 9.55 Å². The Morgan fingerprint density at radius 3 is 3.00 bits per heavy atom. The lowest BCUT2D eigenvalue weighted by Crippen LogP contribution is -2.17. The molecule has 62 valence electrons. The lowest BCUT2D eigenvalue weighted by molar-refractivity contribution is 0.782. The van der Waals surface area contributed by atoms with Crippen LogP contribution in [0.25, 0.3) is 0 Å². The minimum absolute atomic E-state index is 0.233. The third kappa shape index (κ3) is 2.55. The molecule has 1 heterocycles. The first-order valence-corrected chi connectivity index (χ1v) is 4.54. The lowest BCUT2D eigenvalue weighted by Gasteiger charge is -2.03. The van der Waals surface area contributed by atoms with Crippen molar-refractivity contribution >= 4 is 11.8 Å². The molecule has 0 aliphatic rings. The number of nitrogens with two attached hydrogens (primary N) is 1. The van der Waals surface area contributed by atoms with Crippen molar-refractivity contribution in [3.05, 3.63) is 12.4 Å². The molecule has 0 bridgehead atoms. The molecule has 0 saturated carbocycles. The van der Waals surface area contributed by atoms with Gasteiger partial charge in [-0.2, -0.15) is 0 Å². The van der Waals surface area contributed by atoms with E-state index in [0.29, 0.717) is 0 Å². The molecule has 0 aromatic carbocycles. The summed E-state index contributed by atoms with van der Waals surface area (Å²) in [5.41, 5.74) is 5.60. The Balaban J connectivity index is 2.44. The van der Waals surface area contributed by atoms with E-state index in [1.165, 1.54) is 0 Å². The molecule has 1 aromatic heterocycles. The summed E-state index contributed by atoms with van der Waals surface area (Å²) < 4.78 is 1.99. The summed E-state index contributed by atoms with van der Waals surface area (Å²) in [6.45, 7) is 2.00. The normalized spacial score (nSPS) is 13.4. The van der Waals surface area contributed by atoms with E-state index >= 15 is 0 Å². The van der Waals surface area contributed by atoms with Crippen LogP contribution in [0.15, 0.2) is 17.6 Å². The predicted molar refractivity (Wildman–Crippen MR) is 47.6 cm³/mol. The van der Waals surface area contributed by atoms with Crippen LogP contribution in [0.4, 0.5) is 0 Å². The van der Waals surface area contributed by atoms with Gasteiger partial charge in [-0.15, -0.1) is 0 Å². The number of imidazole rings is 1. The van der Waals surface area contributed by atoms with Crippen LogP contribution in [0.5, 0.6) is 0 Å². The second-order valence-electron chi connectivity index (χ2n) is 2.61. The van der Waals surface area contributed by atoms with Crippen LogP contribution in [0, 0.1) is 0 Å². The fourth-order valence-electron chi connectivity index (χ4n) is 0.697. The van der Waals surface area contributed by atoms with Crippen molar-refractivity contribution in [2.24, 2.45) is 12.8 Å². The molecule has 4 heteroatoms. The Hall–Kier alpha value is -0.480. The quantitative estimate of drug-likeness (QED) is 0.686. The van der Waals surface area contributed by atoms with Gasteiger partial charge in [0, 0.05) is 31.2 Å². The van der Waals surface area contributed by atoms with Gasteiger partial charge < -0.3 is 10.3 Å². The number of hydrogen-bond acceptors (Lipinski definition) is 3. The van der Waals surface area contributed by atoms with Gasteiger partial charge >= 0.3 is 0 Å². The van der Waals surface area contributed by atoms with E-state index in [0.717, 1.165) is 10.9 Å². The minimum atomic E-state index is 0.233. The molecule has 11 heavy (non-hydrogen) atoms. The highest BCUT2D eigenvalue weighted by Gasteiger charge is 2.00. The summed E-state index contributed by atoms with van der Waals surface area (Å²) in [5.74, 6) is 0.921. The van der Waals surface area contributed by atoms with Gasteiger partial charge in [-0.25, -0.2) is 4.98 Å². The molecule has 0 radical (unpaired) electrons. The highest BCUT2D eigenvalue weighted by molar-refractivity contribution is 7.99. The maximum atomic E-state index is 5.60. The van der Waals surface area contributed by atoms with E-state index in [4.69, 9.17) is 5.73 Å². The molecule has 2 N–H and O–H groups in total. The van der Waals surface area contributed by atoms with Gasteiger partial charge in [0.25, 0.3) is 0 Å². The standard InChI is InChI=1S/C7H13N3S/c1-6(8)5-11-7-9-3-4-10(7)2/h3-4,6H,5,8H2,1-2H3/t6-/m0/s1. The highest BCUT2D eigenvalue weighted by Crippen LogP contribution is 2.14. The Morgan fingerprint density at radius 2 is 2.55 bits per heavy atom. The number of rotatable bonds is 3. The van der Waals surface area contributed by atoms with Crippen molar-refractivity contribution < 1.29 is 0 Å². The number of aromatic nitrogens is 2. The Labute approximate surface area is 71.0 Å². The third-order valence-electron chi connectivity index (χ3n) is 1.25. The maximum absolute atomic E-state index is 5.60. The summed E-state index contributed by atoms with van der Waals surface area (Å²) in [5, 5.41) is 1.03. The van der Waals surface area contributed by atoms with Crippen LogP contribution in [-0.4, -0.2) is 21.3 Å². The average molecular weight is 171 g/mol. The van der Waals surface area contributed by atoms with E-state index < -0.39 is 0 Å². The van der Waals surface area contributed by atoms with E-state index in [1.807, 2.05) is 24.7 Å². The highest BCUT2D eigenvalue weighted by atomic mass is 32.2. The minimum Gasteiger partial charge on any atom is -0.329 e. The summed E-state index contributed by atoms with van der Waals surface area (Å²) >= 11 is 1.69. The van der Waals surface area contributed by atoms with E-state index in [9.17, 15) is 0 Å². The van der Waals surface area contributed by atoms with Crippen molar-refractivity contribution in [2.75, 3.05) is 5.75 Å². The molecule has 0 saturated heterocycles. The second-order valence-corrected chi connectivity index (χ2v) is 3.60. The Bertz CT molecular complexity index is 219. The van der Waals surface area contributed by atoms with Gasteiger partial charge in [-0.05, 0) is 6.92 Å². The average Bonchev–Trinajstić information content (AvgIpc) is 2.31. The zero-order valence-electron chi connectivity index (χ0n) is 6.82. The molecular formula is C7H13N3S. The summed E-state index contributed by atoms with van der Waals surface area (Å²) in [6.07, 6.45) is 3.73. The van der Waals surface area contributed by atoms with Crippen LogP contribution >= 0.6 is 11.8 Å². The Kier molecular flexibility index (Phi) is 2.96. The van der Waals surface area contributed by atoms with Crippen LogP contribution < -0.4 is 5.73 Å². The molecule has 0 unspecified atom stereocenters. The predicted octanol–water partition coefficient (Wildman–Crippen LogP) is 0.859. The summed E-state index contributed by atoms with van der Waals surface area (Å²) in [6, 6.07) is 0.233. The topological polar surface area (TPSA) is 43.8 Å². The van der Waals surface area contributed by atoms with E-state index in [1.54, 1.807) is 18.0 Å². The van der Waals surface area contributed by atoms with Crippen LogP contribution in [0.1, 0.15) is 6.92 Å². The zero-order chi connectivity index (χ0) is 8.27. The number of aryl methyl sites for hydroxylation is 1. The van der Waals surface area contributed by atoms with E-state index in [-0.39, 0.29) is 6.04 Å². The van der Waals surface area contributed by atoms with Crippen molar-refractivity contribution in [3.63, 3.8) is 0 Å². The van der Waals surface area contributed by atoms with Crippen molar-refractivity contribution in [2.45, 2.75) is 18.1 Å². The fourth-order valence-corrected chi connectivity index (χ4v) is 1.51. The van der Waals surface area contributed by atoms with Gasteiger partial charge in [0.2, 0.25) is 0 Å². The third-order valence-corrected chi connectivity index (χ3v) is 2.60. The van der Waals surface area contributed by atoms with E-state index in [2.05, 4.69) is 4.98 Å². The van der Waals surface area contributed by atoms with Gasteiger partial charge in [0.05, 0.1) is 0 Å². The van der Waals surface area contributed by atoms with Crippen molar-refractivity contribution in [1.29, 1.82) is 0 Å². The van der Waals surface area contributed by atoms with Crippen molar-refractivity contribution in [3.8, 4) is 0 Å². The SMILES string of the molecule is C[C@H](N)CSc1nccn1C. The molecule has 1 rings (SSSR count). The largest absolute Gasteiger partial charge is 0.329 e. The van der Waals surface area contributed by atoms with Crippen LogP contribution in [-0.2, 0) is 7.05 Å². The monoisotopic (exact) mass is 171 g/mol. The van der Waals surface area contributed by atoms with Gasteiger partial charge in [-0.1, -0.05) is 11.8 Å². The summed E-state index contributed by atoms with van der Waals surface area (Å²) in [4.78, 5) is 4.16. The number of nitrogens with zero attached hydrogens (tertiary/aromatic N) is 2. The van der Waals surface area contributed by atoms with Crippen LogP contribution in [0.3, 0.4) is 0 Å². The second kappa shape index (κ2) is 3.78. The lowest BCUT2D eigenvalue weighted by atomic mass is 10.4. The Morgan fingerprint density at radius 1 is 1.82 bits per heavy atom. The maximum Gasteiger partial charge on any atom is 0.167 e. The fraction of sp³-hybridized carbons (Fsp3) is 0.571. The molecule has 3 nitrogen and oxygen atoms in total. The van der Waals surface area contributed by atoms with Gasteiger partial charge in [-0.3, -0.25) is 0 Å². The zero-order valence-corrected chi connectivity index (χ0v) is 7.64. The summed E-state index contributed by atoms with van der Waals surface area (Å²) in [7, 11) is 1.98. The molecule has 0 fully saturated rings. The molecule has 1 atom stereocenters. The number of thioether (sulfide) groups is 1. The molecule has 0 amide bonds.